The van der Waals surface area contributed by atoms with Crippen LogP contribution in [0.5, 0.6) is 23.0 Å². The Morgan fingerprint density at radius 3 is 2.44 bits per heavy atom. The molecule has 0 fully saturated rings. The van der Waals surface area contributed by atoms with Crippen LogP contribution in [0, 0.1) is 0 Å². The molecule has 1 heterocycles. The summed E-state index contributed by atoms with van der Waals surface area (Å²) in [5.74, 6) is 2.31. The van der Waals surface area contributed by atoms with Gasteiger partial charge in [-0.2, -0.15) is 0 Å². The van der Waals surface area contributed by atoms with Crippen molar-refractivity contribution in [3.05, 3.63) is 70.8 Å². The van der Waals surface area contributed by atoms with E-state index in [1.54, 1.807) is 38.5 Å². The Balaban J connectivity index is 1.87. The van der Waals surface area contributed by atoms with Crippen molar-refractivity contribution in [2.45, 2.75) is 33.3 Å². The highest BCUT2D eigenvalue weighted by Crippen LogP contribution is 2.40. The second-order valence-corrected chi connectivity index (χ2v) is 8.30. The lowest BCUT2D eigenvalue weighted by atomic mass is 9.97. The topological polar surface area (TPSA) is 54.0 Å². The molecule has 2 aromatic rings. The third-order valence-corrected chi connectivity index (χ3v) is 5.00. The van der Waals surface area contributed by atoms with E-state index in [0.29, 0.717) is 35.2 Å². The van der Waals surface area contributed by atoms with Gasteiger partial charge in [-0.15, -0.1) is 0 Å². The van der Waals surface area contributed by atoms with E-state index in [0.717, 1.165) is 11.1 Å². The normalized spacial score (nSPS) is 13.8. The summed E-state index contributed by atoms with van der Waals surface area (Å²) in [7, 11) is 3.20. The maximum atomic E-state index is 13.1. The SMILES string of the molecule is COc1ccc(C=CC(=O)c2ccc(OC)c3c2OC(C)(C)C=C3)cc1OCC=C(C)C. The summed E-state index contributed by atoms with van der Waals surface area (Å²) >= 11 is 0. The lowest BCUT2D eigenvalue weighted by Gasteiger charge is -2.29. The Hall–Kier alpha value is -3.47. The molecule has 0 amide bonds. The van der Waals surface area contributed by atoms with Crippen LogP contribution in [0.1, 0.15) is 49.2 Å². The zero-order valence-corrected chi connectivity index (χ0v) is 19.5. The monoisotopic (exact) mass is 434 g/mol. The van der Waals surface area contributed by atoms with Gasteiger partial charge in [-0.05, 0) is 81.8 Å². The second-order valence-electron chi connectivity index (χ2n) is 8.30. The number of hydrogen-bond acceptors (Lipinski definition) is 5. The Morgan fingerprint density at radius 1 is 1.03 bits per heavy atom. The molecule has 2 aromatic carbocycles. The molecule has 0 aromatic heterocycles. The van der Waals surface area contributed by atoms with Crippen LogP contribution in [-0.2, 0) is 0 Å². The van der Waals surface area contributed by atoms with Gasteiger partial charge in [0.1, 0.15) is 23.7 Å². The zero-order chi connectivity index (χ0) is 23.3. The van der Waals surface area contributed by atoms with Crippen molar-refractivity contribution in [1.29, 1.82) is 0 Å². The minimum Gasteiger partial charge on any atom is -0.496 e. The summed E-state index contributed by atoms with van der Waals surface area (Å²) in [4.78, 5) is 13.1. The quantitative estimate of drug-likeness (QED) is 0.284. The molecule has 0 spiro atoms. The van der Waals surface area contributed by atoms with Crippen LogP contribution < -0.4 is 18.9 Å². The molecule has 0 atom stereocenters. The minimum atomic E-state index is -0.508. The molecule has 0 saturated heterocycles. The average Bonchev–Trinajstić information content (AvgIpc) is 2.75. The summed E-state index contributed by atoms with van der Waals surface area (Å²) in [6, 6.07) is 9.08. The fourth-order valence-electron chi connectivity index (χ4n) is 3.27. The molecule has 32 heavy (non-hydrogen) atoms. The predicted octanol–water partition coefficient (Wildman–Crippen LogP) is 6.13. The number of fused-ring (bicyclic) bond motifs is 1. The first kappa shape index (κ1) is 23.2. The van der Waals surface area contributed by atoms with Crippen LogP contribution in [0.2, 0.25) is 0 Å². The van der Waals surface area contributed by atoms with E-state index in [1.165, 1.54) is 5.57 Å². The molecule has 0 bridgehead atoms. The Kier molecular flexibility index (Phi) is 7.08. The van der Waals surface area contributed by atoms with E-state index in [1.807, 2.05) is 64.1 Å². The number of methoxy groups -OCH3 is 2. The van der Waals surface area contributed by atoms with Gasteiger partial charge in [0.2, 0.25) is 0 Å². The van der Waals surface area contributed by atoms with E-state index in [2.05, 4.69) is 0 Å². The van der Waals surface area contributed by atoms with Gasteiger partial charge >= 0.3 is 0 Å². The average molecular weight is 435 g/mol. The summed E-state index contributed by atoms with van der Waals surface area (Å²) < 4.78 is 22.8. The number of carbonyl (C=O) groups excluding carboxylic acids is 1. The molecule has 0 aliphatic carbocycles. The molecule has 3 rings (SSSR count). The molecular weight excluding hydrogens is 404 g/mol. The molecule has 168 valence electrons. The molecular formula is C27H30O5. The van der Waals surface area contributed by atoms with E-state index in [-0.39, 0.29) is 5.78 Å². The molecule has 0 unspecified atom stereocenters. The molecule has 0 radical (unpaired) electrons. The van der Waals surface area contributed by atoms with Gasteiger partial charge in [0, 0.05) is 0 Å². The number of allylic oxidation sites excluding steroid dienone is 2. The van der Waals surface area contributed by atoms with Crippen molar-refractivity contribution in [3.63, 3.8) is 0 Å². The maximum absolute atomic E-state index is 13.1. The van der Waals surface area contributed by atoms with Crippen LogP contribution in [-0.4, -0.2) is 32.2 Å². The van der Waals surface area contributed by atoms with E-state index in [4.69, 9.17) is 18.9 Å². The van der Waals surface area contributed by atoms with Crippen LogP contribution in [0.4, 0.5) is 0 Å². The minimum absolute atomic E-state index is 0.155. The maximum Gasteiger partial charge on any atom is 0.189 e. The van der Waals surface area contributed by atoms with Crippen molar-refractivity contribution in [3.8, 4) is 23.0 Å². The molecule has 0 saturated carbocycles. The van der Waals surface area contributed by atoms with Crippen molar-refractivity contribution >= 4 is 17.9 Å². The third kappa shape index (κ3) is 5.41. The summed E-state index contributed by atoms with van der Waals surface area (Å²) in [6.07, 6.45) is 9.19. The first-order valence-corrected chi connectivity index (χ1v) is 10.5. The molecule has 5 heteroatoms. The summed E-state index contributed by atoms with van der Waals surface area (Å²) in [6.45, 7) is 8.38. The lowest BCUT2D eigenvalue weighted by Crippen LogP contribution is -2.28. The standard InChI is InChI=1S/C27H30O5/c1-18(2)14-16-31-25-17-19(8-11-24(25)30-6)7-10-22(28)20-9-12-23(29-5)21-13-15-27(3,4)32-26(20)21/h7-15,17H,16H2,1-6H3. The number of benzene rings is 2. The Labute approximate surface area is 190 Å². The zero-order valence-electron chi connectivity index (χ0n) is 19.5. The highest BCUT2D eigenvalue weighted by molar-refractivity contribution is 6.09. The van der Waals surface area contributed by atoms with Gasteiger partial charge < -0.3 is 18.9 Å². The Morgan fingerprint density at radius 2 is 1.75 bits per heavy atom. The molecule has 1 aliphatic heterocycles. The van der Waals surface area contributed by atoms with Gasteiger partial charge in [-0.1, -0.05) is 17.7 Å². The van der Waals surface area contributed by atoms with Crippen molar-refractivity contribution in [2.75, 3.05) is 20.8 Å². The van der Waals surface area contributed by atoms with Crippen molar-refractivity contribution in [1.82, 2.24) is 0 Å². The number of ketones is 1. The van der Waals surface area contributed by atoms with Gasteiger partial charge in [0.05, 0.1) is 25.3 Å². The van der Waals surface area contributed by atoms with Gasteiger partial charge in [0.15, 0.2) is 17.3 Å². The van der Waals surface area contributed by atoms with Gasteiger partial charge in [-0.3, -0.25) is 4.79 Å². The van der Waals surface area contributed by atoms with Crippen molar-refractivity contribution < 1.29 is 23.7 Å². The predicted molar refractivity (Wildman–Crippen MR) is 128 cm³/mol. The van der Waals surface area contributed by atoms with Crippen molar-refractivity contribution in [2.24, 2.45) is 0 Å². The van der Waals surface area contributed by atoms with Crippen LogP contribution in [0.15, 0.2) is 54.1 Å². The largest absolute Gasteiger partial charge is 0.496 e. The number of rotatable bonds is 8. The lowest BCUT2D eigenvalue weighted by molar-refractivity contribution is 0.103. The van der Waals surface area contributed by atoms with E-state index in [9.17, 15) is 4.79 Å². The first-order valence-electron chi connectivity index (χ1n) is 10.5. The summed E-state index contributed by atoms with van der Waals surface area (Å²) in [5.41, 5.74) is 2.75. The molecule has 1 aliphatic rings. The fourth-order valence-corrected chi connectivity index (χ4v) is 3.27. The van der Waals surface area contributed by atoms with E-state index < -0.39 is 5.60 Å². The molecule has 5 nitrogen and oxygen atoms in total. The molecule has 0 N–H and O–H groups in total. The fraction of sp³-hybridized carbons (Fsp3) is 0.296. The van der Waals surface area contributed by atoms with Crippen LogP contribution in [0.3, 0.4) is 0 Å². The van der Waals surface area contributed by atoms with Gasteiger partial charge in [-0.25, -0.2) is 0 Å². The van der Waals surface area contributed by atoms with Crippen LogP contribution in [0.25, 0.3) is 12.2 Å². The highest BCUT2D eigenvalue weighted by Gasteiger charge is 2.27. The van der Waals surface area contributed by atoms with Gasteiger partial charge in [0.25, 0.3) is 0 Å². The van der Waals surface area contributed by atoms with Crippen LogP contribution >= 0.6 is 0 Å². The summed E-state index contributed by atoms with van der Waals surface area (Å²) in [5, 5.41) is 0. The number of hydrogen-bond donors (Lipinski definition) is 0. The highest BCUT2D eigenvalue weighted by atomic mass is 16.5. The third-order valence-electron chi connectivity index (χ3n) is 5.00. The smallest absolute Gasteiger partial charge is 0.189 e. The van der Waals surface area contributed by atoms with E-state index >= 15 is 0 Å². The first-order chi connectivity index (χ1) is 15.2. The number of carbonyl (C=O) groups is 1. The Bertz CT molecular complexity index is 1090. The second kappa shape index (κ2) is 9.77. The number of ether oxygens (including phenoxy) is 4.